The van der Waals surface area contributed by atoms with E-state index in [-0.39, 0.29) is 0 Å². The van der Waals surface area contributed by atoms with Crippen molar-refractivity contribution in [2.45, 2.75) is 32.9 Å². The predicted octanol–water partition coefficient (Wildman–Crippen LogP) is 1.30. The molecule has 1 atom stereocenters. The van der Waals surface area contributed by atoms with Gasteiger partial charge in [-0.3, -0.25) is 5.10 Å². The number of nitrogens with one attached hydrogen (secondary N) is 2. The average Bonchev–Trinajstić information content (AvgIpc) is 2.54. The summed E-state index contributed by atoms with van der Waals surface area (Å²) in [5.74, 6) is 0. The molecule has 66 valence electrons. The van der Waals surface area contributed by atoms with E-state index < -0.39 is 0 Å². The monoisotopic (exact) mass is 165 g/mol. The summed E-state index contributed by atoms with van der Waals surface area (Å²) in [7, 11) is 0. The van der Waals surface area contributed by atoms with Gasteiger partial charge in [-0.15, -0.1) is 0 Å². The van der Waals surface area contributed by atoms with Crippen molar-refractivity contribution < 1.29 is 0 Å². The lowest BCUT2D eigenvalue weighted by Crippen LogP contribution is -2.20. The lowest BCUT2D eigenvalue weighted by atomic mass is 10.2. The van der Waals surface area contributed by atoms with Crippen LogP contribution >= 0.6 is 0 Å². The Kier molecular flexibility index (Phi) is 1.68. The Morgan fingerprint density at radius 2 is 2.50 bits per heavy atom. The number of aromatic amines is 1. The van der Waals surface area contributed by atoms with Crippen LogP contribution in [0.4, 0.5) is 0 Å². The zero-order valence-electron chi connectivity index (χ0n) is 7.59. The fraction of sp³-hybridized carbons (Fsp3) is 0.667. The highest BCUT2D eigenvalue weighted by molar-refractivity contribution is 5.04. The van der Waals surface area contributed by atoms with E-state index in [1.165, 1.54) is 6.42 Å². The van der Waals surface area contributed by atoms with Crippen molar-refractivity contribution >= 4 is 0 Å². The zero-order valence-corrected chi connectivity index (χ0v) is 7.59. The first-order valence-electron chi connectivity index (χ1n) is 4.40. The Hall–Kier alpha value is -0.830. The second-order valence-corrected chi connectivity index (χ2v) is 4.21. The highest BCUT2D eigenvalue weighted by atomic mass is 15.1. The molecule has 1 saturated carbocycles. The first kappa shape index (κ1) is 7.80. The van der Waals surface area contributed by atoms with Gasteiger partial charge in [-0.1, -0.05) is 13.8 Å². The Bertz CT molecular complexity index is 251. The maximum atomic E-state index is 3.89. The van der Waals surface area contributed by atoms with E-state index in [9.17, 15) is 0 Å². The third-order valence-electron chi connectivity index (χ3n) is 2.61. The van der Waals surface area contributed by atoms with Crippen molar-refractivity contribution in [3.8, 4) is 0 Å². The van der Waals surface area contributed by atoms with Gasteiger partial charge in [0.05, 0.1) is 0 Å². The van der Waals surface area contributed by atoms with Gasteiger partial charge in [0.25, 0.3) is 0 Å². The molecule has 1 aromatic rings. The Labute approximate surface area is 72.6 Å². The van der Waals surface area contributed by atoms with Crippen LogP contribution in [-0.2, 0) is 6.54 Å². The van der Waals surface area contributed by atoms with Gasteiger partial charge < -0.3 is 5.32 Å². The molecule has 1 fully saturated rings. The minimum absolute atomic E-state index is 0.514. The molecule has 0 aromatic carbocycles. The molecule has 0 saturated heterocycles. The van der Waals surface area contributed by atoms with Crippen molar-refractivity contribution in [2.75, 3.05) is 0 Å². The van der Waals surface area contributed by atoms with Gasteiger partial charge in [-0.2, -0.15) is 5.10 Å². The molecule has 1 aliphatic rings. The van der Waals surface area contributed by atoms with Crippen molar-refractivity contribution in [2.24, 2.45) is 5.41 Å². The summed E-state index contributed by atoms with van der Waals surface area (Å²) >= 11 is 0. The molecular weight excluding hydrogens is 150 g/mol. The lowest BCUT2D eigenvalue weighted by Gasteiger charge is -2.03. The van der Waals surface area contributed by atoms with Gasteiger partial charge in [0.1, 0.15) is 0 Å². The van der Waals surface area contributed by atoms with Crippen molar-refractivity contribution in [3.63, 3.8) is 0 Å². The molecule has 1 aromatic heterocycles. The molecule has 1 heterocycles. The van der Waals surface area contributed by atoms with Crippen LogP contribution in [0.5, 0.6) is 0 Å². The number of hydrogen-bond donors (Lipinski definition) is 2. The second-order valence-electron chi connectivity index (χ2n) is 4.21. The molecule has 12 heavy (non-hydrogen) atoms. The van der Waals surface area contributed by atoms with E-state index in [1.54, 1.807) is 6.20 Å². The number of hydrogen-bond acceptors (Lipinski definition) is 2. The quantitative estimate of drug-likeness (QED) is 0.708. The molecule has 0 bridgehead atoms. The number of H-pyrrole nitrogens is 1. The van der Waals surface area contributed by atoms with E-state index in [1.807, 2.05) is 6.07 Å². The number of aromatic nitrogens is 2. The molecule has 2 rings (SSSR count). The molecule has 1 unspecified atom stereocenters. The minimum Gasteiger partial charge on any atom is -0.308 e. The maximum Gasteiger partial charge on any atom is 0.0490 e. The van der Waals surface area contributed by atoms with Gasteiger partial charge in [-0.25, -0.2) is 0 Å². The van der Waals surface area contributed by atoms with Crippen LogP contribution in [0.25, 0.3) is 0 Å². The number of nitrogens with zero attached hydrogens (tertiary/aromatic N) is 1. The smallest absolute Gasteiger partial charge is 0.0490 e. The Morgan fingerprint density at radius 3 is 3.00 bits per heavy atom. The molecule has 0 aliphatic heterocycles. The first-order valence-corrected chi connectivity index (χ1v) is 4.40. The van der Waals surface area contributed by atoms with Crippen LogP contribution in [0.15, 0.2) is 12.3 Å². The van der Waals surface area contributed by atoms with Crippen molar-refractivity contribution in [1.29, 1.82) is 0 Å². The summed E-state index contributed by atoms with van der Waals surface area (Å²) in [4.78, 5) is 0. The third kappa shape index (κ3) is 1.50. The molecular formula is C9H15N3. The molecule has 0 amide bonds. The first-order chi connectivity index (χ1) is 5.68. The fourth-order valence-corrected chi connectivity index (χ4v) is 1.43. The standard InChI is InChI=1S/C9H15N3/c1-9(2)5-8(9)10-6-7-3-4-11-12-7/h3-4,8,10H,5-6H2,1-2H3,(H,11,12). The fourth-order valence-electron chi connectivity index (χ4n) is 1.43. The molecule has 2 N–H and O–H groups in total. The van der Waals surface area contributed by atoms with Gasteiger partial charge in [0.2, 0.25) is 0 Å². The van der Waals surface area contributed by atoms with E-state index in [0.29, 0.717) is 11.5 Å². The van der Waals surface area contributed by atoms with E-state index in [4.69, 9.17) is 0 Å². The molecule has 3 heteroatoms. The van der Waals surface area contributed by atoms with Gasteiger partial charge in [0.15, 0.2) is 0 Å². The van der Waals surface area contributed by atoms with Crippen LogP contribution in [0.3, 0.4) is 0 Å². The van der Waals surface area contributed by atoms with Gasteiger partial charge >= 0.3 is 0 Å². The topological polar surface area (TPSA) is 40.7 Å². The highest BCUT2D eigenvalue weighted by Gasteiger charge is 2.44. The average molecular weight is 165 g/mol. The molecule has 0 spiro atoms. The summed E-state index contributed by atoms with van der Waals surface area (Å²) in [5.41, 5.74) is 1.68. The van der Waals surface area contributed by atoms with Crippen LogP contribution in [-0.4, -0.2) is 16.2 Å². The molecule has 3 nitrogen and oxygen atoms in total. The normalized spacial score (nSPS) is 25.7. The summed E-state index contributed by atoms with van der Waals surface area (Å²) < 4.78 is 0. The summed E-state index contributed by atoms with van der Waals surface area (Å²) in [6, 6.07) is 2.70. The predicted molar refractivity (Wildman–Crippen MR) is 47.6 cm³/mol. The second kappa shape index (κ2) is 2.59. The minimum atomic E-state index is 0.514. The Morgan fingerprint density at radius 1 is 1.75 bits per heavy atom. The largest absolute Gasteiger partial charge is 0.308 e. The third-order valence-corrected chi connectivity index (χ3v) is 2.61. The summed E-state index contributed by atoms with van der Waals surface area (Å²) in [6.07, 6.45) is 3.08. The maximum absolute atomic E-state index is 3.89. The van der Waals surface area contributed by atoms with Crippen molar-refractivity contribution in [1.82, 2.24) is 15.5 Å². The highest BCUT2D eigenvalue weighted by Crippen LogP contribution is 2.44. The van der Waals surface area contributed by atoms with Gasteiger partial charge in [-0.05, 0) is 17.9 Å². The van der Waals surface area contributed by atoms with E-state index in [2.05, 4.69) is 29.4 Å². The van der Waals surface area contributed by atoms with Crippen LogP contribution in [0.1, 0.15) is 26.0 Å². The van der Waals surface area contributed by atoms with Gasteiger partial charge in [0, 0.05) is 24.5 Å². The number of rotatable bonds is 3. The van der Waals surface area contributed by atoms with Crippen LogP contribution in [0.2, 0.25) is 0 Å². The Balaban J connectivity index is 1.78. The molecule has 1 aliphatic carbocycles. The van der Waals surface area contributed by atoms with Crippen LogP contribution < -0.4 is 5.32 Å². The van der Waals surface area contributed by atoms with E-state index in [0.717, 1.165) is 12.2 Å². The van der Waals surface area contributed by atoms with Crippen LogP contribution in [0, 0.1) is 5.41 Å². The SMILES string of the molecule is CC1(C)CC1NCc1ccn[nH]1. The van der Waals surface area contributed by atoms with Crippen molar-refractivity contribution in [3.05, 3.63) is 18.0 Å². The lowest BCUT2D eigenvalue weighted by molar-refractivity contribution is 0.538. The summed E-state index contributed by atoms with van der Waals surface area (Å²) in [5, 5.41) is 10.3. The summed E-state index contributed by atoms with van der Waals surface area (Å²) in [6.45, 7) is 5.49. The zero-order chi connectivity index (χ0) is 8.60. The molecule has 0 radical (unpaired) electrons. The van der Waals surface area contributed by atoms with E-state index >= 15 is 0 Å².